The highest BCUT2D eigenvalue weighted by Crippen LogP contribution is 2.57. The molecule has 3 heterocycles. The van der Waals surface area contributed by atoms with Gasteiger partial charge in [-0.1, -0.05) is 50.0 Å². The number of carbonyl (C=O) groups is 2. The molecule has 2 aromatic rings. The molecule has 1 spiro atoms. The van der Waals surface area contributed by atoms with E-state index < -0.39 is 35.1 Å². The van der Waals surface area contributed by atoms with Crippen molar-refractivity contribution < 1.29 is 23.1 Å². The maximum atomic E-state index is 15.0. The van der Waals surface area contributed by atoms with Crippen LogP contribution in [0.2, 0.25) is 10.0 Å². The summed E-state index contributed by atoms with van der Waals surface area (Å²) in [6.07, 6.45) is 1.24. The zero-order valence-corrected chi connectivity index (χ0v) is 27.4. The Morgan fingerprint density at radius 2 is 1.77 bits per heavy atom. The fourth-order valence-corrected chi connectivity index (χ4v) is 6.94. The predicted molar refractivity (Wildman–Crippen MR) is 170 cm³/mol. The molecule has 5 rings (SSSR count). The molecule has 0 unspecified atom stereocenters. The molecule has 43 heavy (non-hydrogen) atoms. The highest BCUT2D eigenvalue weighted by Gasteiger charge is 2.65. The van der Waals surface area contributed by atoms with Gasteiger partial charge in [-0.3, -0.25) is 14.5 Å². The minimum atomic E-state index is -1.38. The van der Waals surface area contributed by atoms with E-state index in [9.17, 15) is 14.0 Å². The molecule has 4 atom stereocenters. The Morgan fingerprint density at radius 3 is 2.42 bits per heavy atom. The number of benzene rings is 2. The van der Waals surface area contributed by atoms with Crippen LogP contribution in [-0.2, 0) is 19.7 Å². The van der Waals surface area contributed by atoms with E-state index in [0.29, 0.717) is 43.0 Å². The number of halogens is 6. The Balaban J connectivity index is 0.00000253. The van der Waals surface area contributed by atoms with Crippen molar-refractivity contribution in [2.24, 2.45) is 5.41 Å². The normalized spacial score (nSPS) is 25.1. The van der Waals surface area contributed by atoms with E-state index in [1.165, 1.54) is 24.3 Å². The molecular weight excluding hydrogens is 644 g/mol. The van der Waals surface area contributed by atoms with Crippen LogP contribution in [0.5, 0.6) is 0 Å². The van der Waals surface area contributed by atoms with Gasteiger partial charge >= 0.3 is 0 Å². The smallest absolute Gasteiger partial charge is 0.237 e. The second-order valence-corrected chi connectivity index (χ2v) is 13.2. The Hall–Kier alpha value is -1.72. The van der Waals surface area contributed by atoms with Gasteiger partial charge in [-0.05, 0) is 60.2 Å². The van der Waals surface area contributed by atoms with E-state index in [-0.39, 0.29) is 52.1 Å². The summed E-state index contributed by atoms with van der Waals surface area (Å²) < 4.78 is 34.7. The molecule has 0 aliphatic carbocycles. The Labute approximate surface area is 273 Å². The largest absolute Gasteiger partial charge is 0.379 e. The van der Waals surface area contributed by atoms with Crippen LogP contribution in [0.25, 0.3) is 0 Å². The fourth-order valence-electron chi connectivity index (χ4n) is 6.59. The zero-order chi connectivity index (χ0) is 29.5. The molecule has 238 valence electrons. The number of rotatable bonds is 7. The molecule has 2 aromatic carbocycles. The number of morpholine rings is 1. The maximum Gasteiger partial charge on any atom is 0.237 e. The molecule has 0 saturated carbocycles. The van der Waals surface area contributed by atoms with Crippen LogP contribution in [0.4, 0.5) is 14.5 Å². The van der Waals surface area contributed by atoms with E-state index in [4.69, 9.17) is 27.9 Å². The number of fused-ring (bicyclic) bond motifs is 2. The number of amides is 2. The van der Waals surface area contributed by atoms with Crippen molar-refractivity contribution in [2.45, 2.75) is 57.0 Å². The summed E-state index contributed by atoms with van der Waals surface area (Å²) in [4.78, 5) is 30.3. The van der Waals surface area contributed by atoms with Gasteiger partial charge in [0.05, 0.1) is 29.3 Å². The van der Waals surface area contributed by atoms with Gasteiger partial charge in [0.2, 0.25) is 11.8 Å². The average molecular weight is 682 g/mol. The van der Waals surface area contributed by atoms with Gasteiger partial charge < -0.3 is 20.7 Å². The topological polar surface area (TPSA) is 82.7 Å². The van der Waals surface area contributed by atoms with Gasteiger partial charge in [0.15, 0.2) is 0 Å². The number of ether oxygens (including phenoxy) is 1. The van der Waals surface area contributed by atoms with E-state index in [0.717, 1.165) is 26.1 Å². The van der Waals surface area contributed by atoms with Crippen molar-refractivity contribution in [1.29, 1.82) is 0 Å². The molecule has 3 aliphatic heterocycles. The van der Waals surface area contributed by atoms with Crippen molar-refractivity contribution in [1.82, 2.24) is 15.5 Å². The van der Waals surface area contributed by atoms with Crippen LogP contribution in [0.1, 0.15) is 50.7 Å². The molecular formula is C30H38Cl4F2N4O3. The van der Waals surface area contributed by atoms with Crippen LogP contribution < -0.4 is 16.0 Å². The summed E-state index contributed by atoms with van der Waals surface area (Å²) >= 11 is 12.3. The van der Waals surface area contributed by atoms with Crippen molar-refractivity contribution in [3.05, 3.63) is 63.1 Å². The van der Waals surface area contributed by atoms with Crippen molar-refractivity contribution >= 4 is 65.5 Å². The Morgan fingerprint density at radius 1 is 1.09 bits per heavy atom. The van der Waals surface area contributed by atoms with Crippen LogP contribution in [0.15, 0.2) is 30.3 Å². The first-order valence-corrected chi connectivity index (χ1v) is 14.8. The molecule has 3 N–H and O–H groups in total. The monoisotopic (exact) mass is 680 g/mol. The summed E-state index contributed by atoms with van der Waals surface area (Å²) in [7, 11) is 0. The van der Waals surface area contributed by atoms with E-state index in [1.54, 1.807) is 6.07 Å². The SMILES string of the molecule is CC(C)(C)C[C@H]1N[C@@H](C(=O)NCCCN2CCOCC2)[C@H](c2ccc(F)c(Cl)c2)[C@@]12C(=O)Nc1cc(Cl)c(F)cc12.Cl.Cl. The quantitative estimate of drug-likeness (QED) is 0.327. The molecule has 3 aliphatic rings. The summed E-state index contributed by atoms with van der Waals surface area (Å²) in [6, 6.07) is 5.50. The summed E-state index contributed by atoms with van der Waals surface area (Å²) in [5, 5.41) is 9.18. The number of carbonyl (C=O) groups excluding carboxylic acids is 2. The number of hydrogen-bond acceptors (Lipinski definition) is 5. The lowest BCUT2D eigenvalue weighted by Gasteiger charge is -2.37. The van der Waals surface area contributed by atoms with Gasteiger partial charge in [-0.2, -0.15) is 0 Å². The van der Waals surface area contributed by atoms with Gasteiger partial charge in [0, 0.05) is 37.3 Å². The second-order valence-electron chi connectivity index (χ2n) is 12.3. The third-order valence-electron chi connectivity index (χ3n) is 8.34. The summed E-state index contributed by atoms with van der Waals surface area (Å²) in [5.74, 6) is -2.75. The lowest BCUT2D eigenvalue weighted by molar-refractivity contribution is -0.123. The van der Waals surface area contributed by atoms with Gasteiger partial charge in [-0.15, -0.1) is 24.8 Å². The van der Waals surface area contributed by atoms with E-state index >= 15 is 4.39 Å². The summed E-state index contributed by atoms with van der Waals surface area (Å²) in [6.45, 7) is 10.5. The van der Waals surface area contributed by atoms with Crippen molar-refractivity contribution in [3.63, 3.8) is 0 Å². The molecule has 2 saturated heterocycles. The predicted octanol–water partition coefficient (Wildman–Crippen LogP) is 5.70. The molecule has 0 radical (unpaired) electrons. The van der Waals surface area contributed by atoms with Crippen LogP contribution >= 0.6 is 48.0 Å². The maximum absolute atomic E-state index is 15.0. The van der Waals surface area contributed by atoms with Crippen molar-refractivity contribution in [2.75, 3.05) is 44.7 Å². The zero-order valence-electron chi connectivity index (χ0n) is 24.3. The Bertz CT molecular complexity index is 1340. The van der Waals surface area contributed by atoms with Crippen LogP contribution in [0, 0.1) is 17.0 Å². The minimum absolute atomic E-state index is 0. The number of nitrogens with zero attached hydrogens (tertiary/aromatic N) is 1. The average Bonchev–Trinajstić information content (AvgIpc) is 3.38. The standard InChI is InChI=1S/C30H36Cl2F2N4O3.2ClH/c1-29(2,3)16-24-30(18-14-22(34)20(32)15-23(18)36-28(30)40)25(17-5-6-21(33)19(31)13-17)26(37-24)27(39)35-7-4-8-38-9-11-41-12-10-38;;/h5-6,13-15,24-26,37H,4,7-12,16H2,1-3H3,(H,35,39)(H,36,40);2*1H/t24-,25+,26-,30+;;/m1../s1. The van der Waals surface area contributed by atoms with Gasteiger partial charge in [0.1, 0.15) is 17.0 Å². The van der Waals surface area contributed by atoms with Gasteiger partial charge in [-0.25, -0.2) is 8.78 Å². The van der Waals surface area contributed by atoms with Crippen LogP contribution in [-0.4, -0.2) is 68.2 Å². The lowest BCUT2D eigenvalue weighted by atomic mass is 9.62. The highest BCUT2D eigenvalue weighted by atomic mass is 35.5. The molecule has 0 bridgehead atoms. The van der Waals surface area contributed by atoms with E-state index in [1.807, 2.05) is 20.8 Å². The number of hydrogen-bond donors (Lipinski definition) is 3. The molecule has 13 heteroatoms. The first kappa shape index (κ1) is 35.8. The Kier molecular flexibility index (Phi) is 11.8. The lowest BCUT2D eigenvalue weighted by Crippen LogP contribution is -2.49. The molecule has 2 fully saturated rings. The minimum Gasteiger partial charge on any atom is -0.379 e. The van der Waals surface area contributed by atoms with E-state index in [2.05, 4.69) is 20.9 Å². The summed E-state index contributed by atoms with van der Waals surface area (Å²) in [5.41, 5.74) is -0.323. The third-order valence-corrected chi connectivity index (χ3v) is 8.92. The number of anilines is 1. The van der Waals surface area contributed by atoms with Gasteiger partial charge in [0.25, 0.3) is 0 Å². The molecule has 0 aromatic heterocycles. The van der Waals surface area contributed by atoms with Crippen LogP contribution in [0.3, 0.4) is 0 Å². The van der Waals surface area contributed by atoms with Crippen molar-refractivity contribution in [3.8, 4) is 0 Å². The second kappa shape index (κ2) is 14.1. The molecule has 7 nitrogen and oxygen atoms in total. The third kappa shape index (κ3) is 7.08. The fraction of sp³-hybridized carbons (Fsp3) is 0.533. The highest BCUT2D eigenvalue weighted by molar-refractivity contribution is 6.31. The molecule has 2 amide bonds. The first-order chi connectivity index (χ1) is 19.4. The first-order valence-electron chi connectivity index (χ1n) is 14.0. The number of nitrogens with one attached hydrogen (secondary N) is 3.